The minimum Gasteiger partial charge on any atom is -0.493 e. The predicted octanol–water partition coefficient (Wildman–Crippen LogP) is 3.33. The zero-order valence-electron chi connectivity index (χ0n) is 16.4. The number of hydrogen-bond acceptors (Lipinski definition) is 6. The van der Waals surface area contributed by atoms with E-state index in [4.69, 9.17) is 9.47 Å². The number of halogens is 1. The molecule has 1 aromatic heterocycles. The Morgan fingerprint density at radius 3 is 2.83 bits per heavy atom. The van der Waals surface area contributed by atoms with Gasteiger partial charge in [0.2, 0.25) is 0 Å². The Balaban J connectivity index is 1.54. The zero-order valence-corrected chi connectivity index (χ0v) is 17.2. The quantitative estimate of drug-likeness (QED) is 0.425. The zero-order chi connectivity index (χ0) is 21.5. The molecule has 0 saturated heterocycles. The van der Waals surface area contributed by atoms with Crippen molar-refractivity contribution >= 4 is 39.5 Å². The average Bonchev–Trinajstić information content (AvgIpc) is 3.17. The molecule has 0 atom stereocenters. The maximum atomic E-state index is 13.7. The van der Waals surface area contributed by atoms with Crippen molar-refractivity contribution in [2.75, 3.05) is 20.3 Å². The van der Waals surface area contributed by atoms with Crippen LogP contribution in [-0.4, -0.2) is 38.3 Å². The number of nitrogens with one attached hydrogen (secondary N) is 2. The minimum absolute atomic E-state index is 0.259. The number of fused-ring (bicyclic) bond motifs is 1. The number of carbonyl (C=O) groups is 2. The first kappa shape index (κ1) is 21.3. The van der Waals surface area contributed by atoms with Gasteiger partial charge >= 0.3 is 0 Å². The van der Waals surface area contributed by atoms with Crippen molar-refractivity contribution in [3.05, 3.63) is 58.7 Å². The van der Waals surface area contributed by atoms with Gasteiger partial charge in [-0.2, -0.15) is 5.10 Å². The van der Waals surface area contributed by atoms with Crippen LogP contribution in [0, 0.1) is 5.82 Å². The van der Waals surface area contributed by atoms with Gasteiger partial charge in [-0.15, -0.1) is 11.3 Å². The predicted molar refractivity (Wildman–Crippen MR) is 114 cm³/mol. The maximum Gasteiger partial charge on any atom is 0.259 e. The van der Waals surface area contributed by atoms with Crippen molar-refractivity contribution in [2.24, 2.45) is 5.10 Å². The van der Waals surface area contributed by atoms with E-state index >= 15 is 0 Å². The molecule has 0 aliphatic heterocycles. The number of ether oxygens (including phenoxy) is 2. The fourth-order valence-electron chi connectivity index (χ4n) is 2.70. The lowest BCUT2D eigenvalue weighted by molar-refractivity contribution is -0.120. The molecule has 30 heavy (non-hydrogen) atoms. The molecule has 0 unspecified atom stereocenters. The monoisotopic (exact) mass is 429 g/mol. The molecule has 2 aromatic carbocycles. The second-order valence-electron chi connectivity index (χ2n) is 6.08. The largest absolute Gasteiger partial charge is 0.493 e. The molecular formula is C21H20FN3O4S. The molecule has 0 aliphatic rings. The van der Waals surface area contributed by atoms with Crippen LogP contribution in [0.5, 0.6) is 11.5 Å². The summed E-state index contributed by atoms with van der Waals surface area (Å²) in [6.45, 7) is 2.06. The Bertz CT molecular complexity index is 1100. The summed E-state index contributed by atoms with van der Waals surface area (Å²) in [4.78, 5) is 24.2. The summed E-state index contributed by atoms with van der Waals surface area (Å²) in [6, 6.07) is 9.55. The lowest BCUT2D eigenvalue weighted by Crippen LogP contribution is -2.34. The molecule has 2 N–H and O–H groups in total. The van der Waals surface area contributed by atoms with Crippen LogP contribution in [-0.2, 0) is 4.79 Å². The topological polar surface area (TPSA) is 89.0 Å². The van der Waals surface area contributed by atoms with E-state index in [0.717, 1.165) is 5.39 Å². The number of amides is 2. The maximum absolute atomic E-state index is 13.7. The summed E-state index contributed by atoms with van der Waals surface area (Å²) in [5.41, 5.74) is 3.36. The first-order chi connectivity index (χ1) is 14.5. The normalized spacial score (nSPS) is 10.9. The van der Waals surface area contributed by atoms with Gasteiger partial charge < -0.3 is 14.8 Å². The van der Waals surface area contributed by atoms with Gasteiger partial charge in [0.1, 0.15) is 5.82 Å². The summed E-state index contributed by atoms with van der Waals surface area (Å²) < 4.78 is 24.9. The van der Waals surface area contributed by atoms with Crippen LogP contribution in [0.15, 0.2) is 46.9 Å². The van der Waals surface area contributed by atoms with Gasteiger partial charge in [-0.25, -0.2) is 9.82 Å². The molecular weight excluding hydrogens is 409 g/mol. The van der Waals surface area contributed by atoms with Crippen molar-refractivity contribution in [3.8, 4) is 11.5 Å². The van der Waals surface area contributed by atoms with Crippen LogP contribution in [0.25, 0.3) is 10.1 Å². The molecule has 0 bridgehead atoms. The second kappa shape index (κ2) is 9.84. The van der Waals surface area contributed by atoms with Crippen LogP contribution >= 0.6 is 11.3 Å². The van der Waals surface area contributed by atoms with E-state index in [1.807, 2.05) is 6.92 Å². The summed E-state index contributed by atoms with van der Waals surface area (Å²) in [5, 5.41) is 8.86. The third-order valence-electron chi connectivity index (χ3n) is 4.11. The summed E-state index contributed by atoms with van der Waals surface area (Å²) in [7, 11) is 1.48. The van der Waals surface area contributed by atoms with E-state index in [1.54, 1.807) is 29.6 Å². The Kier molecular flexibility index (Phi) is 6.97. The fraction of sp³-hybridized carbons (Fsp3) is 0.190. The van der Waals surface area contributed by atoms with Gasteiger partial charge in [-0.05, 0) is 31.2 Å². The van der Waals surface area contributed by atoms with E-state index in [1.165, 1.54) is 36.8 Å². The van der Waals surface area contributed by atoms with Crippen molar-refractivity contribution < 1.29 is 23.5 Å². The third-order valence-corrected chi connectivity index (χ3v) is 5.13. The molecule has 0 radical (unpaired) electrons. The second-order valence-corrected chi connectivity index (χ2v) is 6.96. The number of benzene rings is 2. The highest BCUT2D eigenvalue weighted by molar-refractivity contribution is 7.17. The summed E-state index contributed by atoms with van der Waals surface area (Å²) >= 11 is 1.26. The van der Waals surface area contributed by atoms with Gasteiger partial charge in [0.15, 0.2) is 11.5 Å². The molecule has 2 amide bonds. The summed E-state index contributed by atoms with van der Waals surface area (Å²) in [6.07, 6.45) is 1.44. The number of thiophene rings is 1. The molecule has 9 heteroatoms. The Morgan fingerprint density at radius 1 is 1.23 bits per heavy atom. The number of hydrazone groups is 1. The van der Waals surface area contributed by atoms with Crippen LogP contribution in [0.3, 0.4) is 0 Å². The molecule has 7 nitrogen and oxygen atoms in total. The van der Waals surface area contributed by atoms with E-state index in [9.17, 15) is 14.0 Å². The van der Waals surface area contributed by atoms with Crippen molar-refractivity contribution in [2.45, 2.75) is 6.92 Å². The molecule has 1 heterocycles. The van der Waals surface area contributed by atoms with Crippen LogP contribution in [0.4, 0.5) is 4.39 Å². The lowest BCUT2D eigenvalue weighted by Gasteiger charge is -2.11. The highest BCUT2D eigenvalue weighted by Crippen LogP contribution is 2.28. The van der Waals surface area contributed by atoms with E-state index in [-0.39, 0.29) is 12.4 Å². The van der Waals surface area contributed by atoms with Gasteiger partial charge in [0.25, 0.3) is 11.8 Å². The van der Waals surface area contributed by atoms with Gasteiger partial charge in [-0.1, -0.05) is 12.1 Å². The van der Waals surface area contributed by atoms with Gasteiger partial charge in [0, 0.05) is 21.9 Å². The molecule has 0 fully saturated rings. The third kappa shape index (κ3) is 4.93. The van der Waals surface area contributed by atoms with Crippen molar-refractivity contribution in [3.63, 3.8) is 0 Å². The average molecular weight is 429 g/mol. The van der Waals surface area contributed by atoms with Crippen molar-refractivity contribution in [1.82, 2.24) is 10.7 Å². The Hall–Kier alpha value is -3.46. The van der Waals surface area contributed by atoms with E-state index in [2.05, 4.69) is 15.8 Å². The first-order valence-electron chi connectivity index (χ1n) is 9.10. The highest BCUT2D eigenvalue weighted by atomic mass is 32.1. The van der Waals surface area contributed by atoms with Crippen molar-refractivity contribution in [1.29, 1.82) is 0 Å². The summed E-state index contributed by atoms with van der Waals surface area (Å²) in [5.74, 6) is -0.268. The lowest BCUT2D eigenvalue weighted by atomic mass is 10.2. The Labute approximate surface area is 176 Å². The number of methoxy groups -OCH3 is 1. The smallest absolute Gasteiger partial charge is 0.259 e. The Morgan fingerprint density at radius 2 is 2.07 bits per heavy atom. The number of hydrogen-bond donors (Lipinski definition) is 2. The number of carbonyl (C=O) groups excluding carboxylic acids is 2. The molecule has 0 aliphatic carbocycles. The van der Waals surface area contributed by atoms with Gasteiger partial charge in [0.05, 0.1) is 31.2 Å². The van der Waals surface area contributed by atoms with E-state index in [0.29, 0.717) is 33.9 Å². The minimum atomic E-state index is -0.497. The molecule has 0 spiro atoms. The van der Waals surface area contributed by atoms with Crippen LogP contribution in [0.1, 0.15) is 22.8 Å². The van der Waals surface area contributed by atoms with Crippen LogP contribution < -0.4 is 20.2 Å². The molecule has 0 saturated carbocycles. The van der Waals surface area contributed by atoms with Crippen LogP contribution in [0.2, 0.25) is 0 Å². The number of rotatable bonds is 8. The molecule has 3 rings (SSSR count). The number of nitrogens with zero attached hydrogens (tertiary/aromatic N) is 1. The standard InChI is InChI=1S/C21H20FN3O4S/c1-3-29-17-8-7-13(9-18(17)28-2)21(27)23-11-19(26)25-24-10-14-12-30-20-15(14)5-4-6-16(20)22/h4-10,12H,3,11H2,1-2H3,(H,23,27)(H,25,26)/b24-10+. The molecule has 156 valence electrons. The SMILES string of the molecule is CCOc1ccc(C(=O)NCC(=O)N/N=C/c2csc3c(F)cccc23)cc1OC. The van der Waals surface area contributed by atoms with E-state index < -0.39 is 11.8 Å². The van der Waals surface area contributed by atoms with Gasteiger partial charge in [-0.3, -0.25) is 9.59 Å². The molecule has 3 aromatic rings. The first-order valence-corrected chi connectivity index (χ1v) is 9.98. The fourth-order valence-corrected chi connectivity index (χ4v) is 3.63. The highest BCUT2D eigenvalue weighted by Gasteiger charge is 2.12.